The van der Waals surface area contributed by atoms with Crippen molar-refractivity contribution in [1.82, 2.24) is 14.9 Å². The molecule has 0 saturated carbocycles. The van der Waals surface area contributed by atoms with Crippen LogP contribution < -0.4 is 9.64 Å². The lowest BCUT2D eigenvalue weighted by Gasteiger charge is -2.41. The first-order chi connectivity index (χ1) is 15.7. The number of halogens is 4. The van der Waals surface area contributed by atoms with Crippen molar-refractivity contribution in [3.63, 3.8) is 0 Å². The number of piperidine rings is 1. The van der Waals surface area contributed by atoms with E-state index in [1.54, 1.807) is 4.90 Å². The predicted molar refractivity (Wildman–Crippen MR) is 115 cm³/mol. The Balaban J connectivity index is 1.48. The molecule has 0 spiro atoms. The van der Waals surface area contributed by atoms with Gasteiger partial charge in [-0.2, -0.15) is 18.2 Å². The van der Waals surface area contributed by atoms with Crippen LogP contribution in [0.15, 0.2) is 30.3 Å². The number of alkyl halides is 3. The molecular formula is C23H28F4N4O2. The van der Waals surface area contributed by atoms with E-state index < -0.39 is 23.3 Å². The van der Waals surface area contributed by atoms with Crippen LogP contribution in [0.1, 0.15) is 44.2 Å². The summed E-state index contributed by atoms with van der Waals surface area (Å²) in [5, 5.41) is 11.1. The lowest BCUT2D eigenvalue weighted by molar-refractivity contribution is -0.141. The van der Waals surface area contributed by atoms with Crippen LogP contribution in [0.3, 0.4) is 0 Å². The topological polar surface area (TPSA) is 61.7 Å². The Kier molecular flexibility index (Phi) is 7.04. The Hall–Kier alpha value is -2.46. The number of likely N-dealkylation sites (tertiary alicyclic amines) is 1. The highest BCUT2D eigenvalue weighted by Crippen LogP contribution is 2.34. The van der Waals surface area contributed by atoms with Crippen LogP contribution in [0.5, 0.6) is 11.6 Å². The first kappa shape index (κ1) is 23.7. The fraction of sp³-hybridized carbons (Fsp3) is 0.565. The smallest absolute Gasteiger partial charge is 0.433 e. The van der Waals surface area contributed by atoms with Crippen molar-refractivity contribution in [2.75, 3.05) is 37.6 Å². The second-order valence-corrected chi connectivity index (χ2v) is 8.85. The van der Waals surface area contributed by atoms with Gasteiger partial charge in [-0.15, -0.1) is 0 Å². The Morgan fingerprint density at radius 1 is 0.970 bits per heavy atom. The SMILES string of the molecule is OC1(CN2CCCCCC2)CCN(c2nc(Oc3cccc(F)c3)cc(C(F)(F)F)n2)CC1. The zero-order chi connectivity index (χ0) is 23.5. The van der Waals surface area contributed by atoms with Crippen molar-refractivity contribution in [2.24, 2.45) is 0 Å². The number of nitrogens with zero attached hydrogens (tertiary/aromatic N) is 4. The number of aliphatic hydroxyl groups is 1. The molecule has 0 aliphatic carbocycles. The largest absolute Gasteiger partial charge is 0.439 e. The summed E-state index contributed by atoms with van der Waals surface area (Å²) in [6, 6.07) is 5.81. The molecule has 0 atom stereocenters. The Morgan fingerprint density at radius 3 is 2.30 bits per heavy atom. The van der Waals surface area contributed by atoms with Gasteiger partial charge in [0.1, 0.15) is 11.6 Å². The normalized spacial score (nSPS) is 19.8. The Morgan fingerprint density at radius 2 is 1.67 bits per heavy atom. The molecule has 10 heteroatoms. The molecule has 2 fully saturated rings. The predicted octanol–water partition coefficient (Wildman–Crippen LogP) is 4.63. The summed E-state index contributed by atoms with van der Waals surface area (Å²) in [7, 11) is 0. The summed E-state index contributed by atoms with van der Waals surface area (Å²) in [6.07, 6.45) is 0.765. The van der Waals surface area contributed by atoms with Gasteiger partial charge in [0, 0.05) is 31.8 Å². The van der Waals surface area contributed by atoms with Crippen molar-refractivity contribution in [3.8, 4) is 11.6 Å². The molecule has 6 nitrogen and oxygen atoms in total. The summed E-state index contributed by atoms with van der Waals surface area (Å²) in [6.45, 7) is 3.14. The molecule has 0 bridgehead atoms. The van der Waals surface area contributed by atoms with Crippen LogP contribution in [0.25, 0.3) is 0 Å². The molecule has 1 aromatic carbocycles. The van der Waals surface area contributed by atoms with Crippen LogP contribution >= 0.6 is 0 Å². The maximum absolute atomic E-state index is 13.5. The van der Waals surface area contributed by atoms with Gasteiger partial charge in [-0.05, 0) is 50.9 Å². The highest BCUT2D eigenvalue weighted by molar-refractivity contribution is 5.38. The van der Waals surface area contributed by atoms with Gasteiger partial charge >= 0.3 is 6.18 Å². The molecule has 0 amide bonds. The highest BCUT2D eigenvalue weighted by atomic mass is 19.4. The quantitative estimate of drug-likeness (QED) is 0.646. The molecule has 0 radical (unpaired) electrons. The van der Waals surface area contributed by atoms with E-state index >= 15 is 0 Å². The Bertz CT molecular complexity index is 940. The molecule has 33 heavy (non-hydrogen) atoms. The van der Waals surface area contributed by atoms with Crippen LogP contribution in [-0.4, -0.2) is 58.3 Å². The van der Waals surface area contributed by atoms with E-state index in [1.807, 2.05) is 0 Å². The monoisotopic (exact) mass is 468 g/mol. The average Bonchev–Trinajstić information content (AvgIpc) is 3.02. The van der Waals surface area contributed by atoms with Crippen molar-refractivity contribution >= 4 is 5.95 Å². The van der Waals surface area contributed by atoms with Crippen LogP contribution in [0.4, 0.5) is 23.5 Å². The first-order valence-corrected chi connectivity index (χ1v) is 11.3. The van der Waals surface area contributed by atoms with E-state index in [0.717, 1.165) is 32.0 Å². The highest BCUT2D eigenvalue weighted by Gasteiger charge is 2.37. The maximum atomic E-state index is 13.5. The van der Waals surface area contributed by atoms with Crippen molar-refractivity contribution in [3.05, 3.63) is 41.8 Å². The van der Waals surface area contributed by atoms with Crippen LogP contribution in [-0.2, 0) is 6.18 Å². The van der Waals surface area contributed by atoms with Crippen molar-refractivity contribution in [1.29, 1.82) is 0 Å². The standard InChI is InChI=1S/C23H28F4N4O2/c24-17-6-5-7-18(14-17)33-20-15-19(23(25,26)27)28-21(29-20)31-12-8-22(32,9-13-31)16-30-10-3-1-2-4-11-30/h5-7,14-15,32H,1-4,8-13,16H2. The van der Waals surface area contributed by atoms with Crippen LogP contribution in [0, 0.1) is 5.82 Å². The molecule has 2 aliphatic rings. The van der Waals surface area contributed by atoms with E-state index in [1.165, 1.54) is 31.0 Å². The van der Waals surface area contributed by atoms with Gasteiger partial charge in [0.2, 0.25) is 11.8 Å². The molecule has 1 aromatic heterocycles. The minimum Gasteiger partial charge on any atom is -0.439 e. The second-order valence-electron chi connectivity index (χ2n) is 8.85. The maximum Gasteiger partial charge on any atom is 0.433 e. The fourth-order valence-corrected chi connectivity index (χ4v) is 4.39. The number of hydrogen-bond acceptors (Lipinski definition) is 6. The van der Waals surface area contributed by atoms with Gasteiger partial charge in [-0.3, -0.25) is 0 Å². The molecule has 3 heterocycles. The van der Waals surface area contributed by atoms with Gasteiger partial charge in [0.25, 0.3) is 0 Å². The van der Waals surface area contributed by atoms with E-state index in [4.69, 9.17) is 4.74 Å². The third-order valence-electron chi connectivity index (χ3n) is 6.19. The van der Waals surface area contributed by atoms with Gasteiger partial charge < -0.3 is 19.6 Å². The summed E-state index contributed by atoms with van der Waals surface area (Å²) in [4.78, 5) is 11.8. The molecule has 2 aromatic rings. The van der Waals surface area contributed by atoms with Gasteiger partial charge in [-0.25, -0.2) is 9.37 Å². The van der Waals surface area contributed by atoms with E-state index in [-0.39, 0.29) is 17.6 Å². The fourth-order valence-electron chi connectivity index (χ4n) is 4.39. The minimum atomic E-state index is -4.69. The van der Waals surface area contributed by atoms with Gasteiger partial charge in [-0.1, -0.05) is 18.9 Å². The number of rotatable bonds is 5. The summed E-state index contributed by atoms with van der Waals surface area (Å²) in [5.74, 6) is -0.966. The van der Waals surface area contributed by atoms with Crippen molar-refractivity contribution < 1.29 is 27.4 Å². The zero-order valence-electron chi connectivity index (χ0n) is 18.3. The minimum absolute atomic E-state index is 0.0400. The van der Waals surface area contributed by atoms with E-state index in [9.17, 15) is 22.7 Å². The molecule has 2 saturated heterocycles. The second kappa shape index (κ2) is 9.80. The van der Waals surface area contributed by atoms with E-state index in [2.05, 4.69) is 14.9 Å². The van der Waals surface area contributed by atoms with Gasteiger partial charge in [0.05, 0.1) is 5.60 Å². The third kappa shape index (κ3) is 6.32. The van der Waals surface area contributed by atoms with E-state index in [0.29, 0.717) is 38.5 Å². The van der Waals surface area contributed by atoms with Crippen molar-refractivity contribution in [2.45, 2.75) is 50.3 Å². The molecule has 180 valence electrons. The molecule has 1 N–H and O–H groups in total. The molecule has 4 rings (SSSR count). The number of hydrogen-bond donors (Lipinski definition) is 1. The molecule has 0 unspecified atom stereocenters. The zero-order valence-corrected chi connectivity index (χ0v) is 18.3. The lowest BCUT2D eigenvalue weighted by atomic mass is 9.91. The number of β-amino-alcohol motifs (C(OH)–C–C–N with tert-alkyl or cyclic N) is 1. The Labute approximate surface area is 190 Å². The van der Waals surface area contributed by atoms with Gasteiger partial charge in [0.15, 0.2) is 5.69 Å². The summed E-state index contributed by atoms with van der Waals surface area (Å²) in [5.41, 5.74) is -2.02. The number of benzene rings is 1. The first-order valence-electron chi connectivity index (χ1n) is 11.3. The third-order valence-corrected chi connectivity index (χ3v) is 6.19. The average molecular weight is 468 g/mol. The number of aromatic nitrogens is 2. The molecule has 2 aliphatic heterocycles. The summed E-state index contributed by atoms with van der Waals surface area (Å²) >= 11 is 0. The summed E-state index contributed by atoms with van der Waals surface area (Å²) < 4.78 is 59.2. The lowest BCUT2D eigenvalue weighted by Crippen LogP contribution is -2.51. The van der Waals surface area contributed by atoms with Crippen LogP contribution in [0.2, 0.25) is 0 Å². The number of anilines is 1. The number of ether oxygens (including phenoxy) is 1. The molecular weight excluding hydrogens is 440 g/mol.